The molecule has 0 fully saturated rings. The van der Waals surface area contributed by atoms with E-state index in [1.54, 1.807) is 0 Å². The van der Waals surface area contributed by atoms with Crippen LogP contribution in [0, 0.1) is 11.6 Å². The highest BCUT2D eigenvalue weighted by Gasteiger charge is 2.25. The van der Waals surface area contributed by atoms with E-state index in [4.69, 9.17) is 12.6 Å². The van der Waals surface area contributed by atoms with Crippen LogP contribution in [0.5, 0.6) is 0 Å². The van der Waals surface area contributed by atoms with Crippen molar-refractivity contribution in [3.8, 4) is 0 Å². The van der Waals surface area contributed by atoms with E-state index in [1.807, 2.05) is 6.20 Å². The van der Waals surface area contributed by atoms with Crippen molar-refractivity contribution in [2.75, 3.05) is 6.54 Å². The molecule has 1 aliphatic carbocycles. The van der Waals surface area contributed by atoms with Crippen LogP contribution in [0.15, 0.2) is 30.5 Å². The van der Waals surface area contributed by atoms with Gasteiger partial charge in [0.05, 0.1) is 0 Å². The van der Waals surface area contributed by atoms with E-state index in [0.29, 0.717) is 18.5 Å². The fraction of sp³-hybridized carbons (Fsp3) is 0.478. The standard InChI is InChI=1S/C23H29F2N3OS/c1-3-15-9-19-20(26-12-15)5-4-6-21(19)27-13-23(30)22(28-14(2)29)10-16-7-17(24)11-18(25)8-16/h7-9,11-12,21-23,27,30H,3-6,10,13H2,1-2H3,(H,28,29)/t21?,22-,23-/m0/s1. The van der Waals surface area contributed by atoms with Gasteiger partial charge in [-0.25, -0.2) is 8.78 Å². The van der Waals surface area contributed by atoms with E-state index in [0.717, 1.165) is 37.4 Å². The van der Waals surface area contributed by atoms with E-state index < -0.39 is 11.6 Å². The van der Waals surface area contributed by atoms with Gasteiger partial charge in [0, 0.05) is 48.8 Å². The van der Waals surface area contributed by atoms with E-state index in [-0.39, 0.29) is 23.2 Å². The predicted octanol–water partition coefficient (Wildman–Crippen LogP) is 3.94. The maximum Gasteiger partial charge on any atom is 0.217 e. The van der Waals surface area contributed by atoms with Crippen molar-refractivity contribution < 1.29 is 13.6 Å². The van der Waals surface area contributed by atoms with Crippen LogP contribution in [0.2, 0.25) is 0 Å². The van der Waals surface area contributed by atoms with Crippen molar-refractivity contribution in [2.24, 2.45) is 0 Å². The Kier molecular flexibility index (Phi) is 7.83. The van der Waals surface area contributed by atoms with Crippen LogP contribution in [0.1, 0.15) is 55.1 Å². The van der Waals surface area contributed by atoms with Crippen molar-refractivity contribution in [3.63, 3.8) is 0 Å². The number of nitrogens with zero attached hydrogens (tertiary/aromatic N) is 1. The molecule has 4 nitrogen and oxygen atoms in total. The lowest BCUT2D eigenvalue weighted by Crippen LogP contribution is -2.46. The predicted molar refractivity (Wildman–Crippen MR) is 118 cm³/mol. The molecule has 0 bridgehead atoms. The third-order valence-corrected chi connectivity index (χ3v) is 6.10. The summed E-state index contributed by atoms with van der Waals surface area (Å²) in [6.07, 6.45) is 6.26. The molecular weight excluding hydrogens is 404 g/mol. The fourth-order valence-corrected chi connectivity index (χ4v) is 4.32. The molecule has 1 aliphatic rings. The smallest absolute Gasteiger partial charge is 0.217 e. The van der Waals surface area contributed by atoms with Crippen LogP contribution in [-0.4, -0.2) is 28.7 Å². The first-order valence-corrected chi connectivity index (χ1v) is 11.0. The van der Waals surface area contributed by atoms with E-state index in [1.165, 1.54) is 30.2 Å². The molecule has 0 radical (unpaired) electrons. The molecule has 0 saturated heterocycles. The molecule has 3 rings (SSSR count). The van der Waals surface area contributed by atoms with Crippen LogP contribution in [0.3, 0.4) is 0 Å². The van der Waals surface area contributed by atoms with Gasteiger partial charge in [-0.05, 0) is 60.9 Å². The summed E-state index contributed by atoms with van der Waals surface area (Å²) in [6, 6.07) is 5.49. The zero-order valence-corrected chi connectivity index (χ0v) is 18.3. The van der Waals surface area contributed by atoms with Crippen LogP contribution < -0.4 is 10.6 Å². The second-order valence-corrected chi connectivity index (χ2v) is 8.61. The van der Waals surface area contributed by atoms with Gasteiger partial charge >= 0.3 is 0 Å². The van der Waals surface area contributed by atoms with Crippen LogP contribution in [0.25, 0.3) is 0 Å². The Morgan fingerprint density at radius 1 is 1.23 bits per heavy atom. The number of aromatic nitrogens is 1. The van der Waals surface area contributed by atoms with E-state index in [2.05, 4.69) is 28.6 Å². The fourth-order valence-electron chi connectivity index (χ4n) is 4.03. The van der Waals surface area contributed by atoms with Crippen molar-refractivity contribution in [2.45, 2.75) is 63.3 Å². The molecule has 0 aliphatic heterocycles. The summed E-state index contributed by atoms with van der Waals surface area (Å²) in [4.78, 5) is 16.3. The first-order chi connectivity index (χ1) is 14.4. The summed E-state index contributed by atoms with van der Waals surface area (Å²) in [5.41, 5.74) is 4.09. The van der Waals surface area contributed by atoms with Gasteiger partial charge in [-0.1, -0.05) is 13.0 Å². The highest BCUT2D eigenvalue weighted by Crippen LogP contribution is 2.29. The monoisotopic (exact) mass is 433 g/mol. The van der Waals surface area contributed by atoms with Gasteiger partial charge in [0.25, 0.3) is 0 Å². The molecule has 1 heterocycles. The lowest BCUT2D eigenvalue weighted by molar-refractivity contribution is -0.119. The SMILES string of the molecule is CCc1cnc2c(c1)C(NC[C@H](S)[C@H](Cc1cc(F)cc(F)c1)NC(C)=O)CCC2. The number of fused-ring (bicyclic) bond motifs is 1. The molecule has 0 spiro atoms. The molecule has 7 heteroatoms. The number of aryl methyl sites for hydroxylation is 2. The molecule has 1 aromatic carbocycles. The Morgan fingerprint density at radius 3 is 2.63 bits per heavy atom. The van der Waals surface area contributed by atoms with Gasteiger partial charge in [0.2, 0.25) is 5.91 Å². The highest BCUT2D eigenvalue weighted by atomic mass is 32.1. The summed E-state index contributed by atoms with van der Waals surface area (Å²) in [5, 5.41) is 6.23. The topological polar surface area (TPSA) is 54.0 Å². The average molecular weight is 434 g/mol. The largest absolute Gasteiger partial charge is 0.352 e. The number of hydrogen-bond donors (Lipinski definition) is 3. The summed E-state index contributed by atoms with van der Waals surface area (Å²) in [5.74, 6) is -1.45. The second-order valence-electron chi connectivity index (χ2n) is 7.94. The summed E-state index contributed by atoms with van der Waals surface area (Å²) >= 11 is 4.71. The van der Waals surface area contributed by atoms with Gasteiger partial charge in [-0.15, -0.1) is 0 Å². The van der Waals surface area contributed by atoms with Gasteiger partial charge in [-0.2, -0.15) is 12.6 Å². The minimum atomic E-state index is -0.626. The van der Waals surface area contributed by atoms with Crippen molar-refractivity contribution in [1.82, 2.24) is 15.6 Å². The molecule has 2 aromatic rings. The van der Waals surface area contributed by atoms with Gasteiger partial charge in [-0.3, -0.25) is 9.78 Å². The highest BCUT2D eigenvalue weighted by molar-refractivity contribution is 7.81. The Morgan fingerprint density at radius 2 is 1.97 bits per heavy atom. The summed E-state index contributed by atoms with van der Waals surface area (Å²) in [7, 11) is 0. The molecule has 30 heavy (non-hydrogen) atoms. The lowest BCUT2D eigenvalue weighted by atomic mass is 9.90. The number of pyridine rings is 1. The zero-order chi connectivity index (χ0) is 21.7. The Hall–Kier alpha value is -1.99. The third-order valence-electron chi connectivity index (χ3n) is 5.55. The maximum absolute atomic E-state index is 13.6. The maximum atomic E-state index is 13.6. The normalized spacial score (nSPS) is 17.8. The average Bonchev–Trinajstić information content (AvgIpc) is 2.70. The number of amides is 1. The molecule has 1 unspecified atom stereocenters. The first-order valence-electron chi connectivity index (χ1n) is 10.5. The first kappa shape index (κ1) is 22.7. The summed E-state index contributed by atoms with van der Waals surface area (Å²) < 4.78 is 27.1. The quantitative estimate of drug-likeness (QED) is 0.553. The van der Waals surface area contributed by atoms with Gasteiger partial charge in [0.15, 0.2) is 0 Å². The number of rotatable bonds is 8. The molecule has 3 atom stereocenters. The summed E-state index contributed by atoms with van der Waals surface area (Å²) in [6.45, 7) is 4.10. The second kappa shape index (κ2) is 10.4. The molecule has 0 saturated carbocycles. The molecule has 1 aromatic heterocycles. The number of carbonyl (C=O) groups is 1. The number of benzene rings is 1. The van der Waals surface area contributed by atoms with Crippen LogP contribution in [-0.2, 0) is 24.1 Å². The Balaban J connectivity index is 1.69. The number of carbonyl (C=O) groups excluding carboxylic acids is 1. The molecule has 1 amide bonds. The zero-order valence-electron chi connectivity index (χ0n) is 17.4. The number of hydrogen-bond acceptors (Lipinski definition) is 4. The minimum absolute atomic E-state index is 0.187. The number of halogens is 2. The van der Waals surface area contributed by atoms with E-state index in [9.17, 15) is 13.6 Å². The van der Waals surface area contributed by atoms with Crippen molar-refractivity contribution >= 4 is 18.5 Å². The van der Waals surface area contributed by atoms with E-state index >= 15 is 0 Å². The van der Waals surface area contributed by atoms with Gasteiger partial charge < -0.3 is 10.6 Å². The number of nitrogens with one attached hydrogen (secondary N) is 2. The minimum Gasteiger partial charge on any atom is -0.352 e. The third kappa shape index (κ3) is 6.01. The van der Waals surface area contributed by atoms with Crippen molar-refractivity contribution in [3.05, 3.63) is 64.5 Å². The Labute approximate surface area is 182 Å². The number of thiol groups is 1. The van der Waals surface area contributed by atoms with Gasteiger partial charge in [0.1, 0.15) is 11.6 Å². The lowest BCUT2D eigenvalue weighted by Gasteiger charge is -2.30. The molecule has 162 valence electrons. The van der Waals surface area contributed by atoms with Crippen molar-refractivity contribution in [1.29, 1.82) is 0 Å². The van der Waals surface area contributed by atoms with Crippen LogP contribution in [0.4, 0.5) is 8.78 Å². The molecule has 2 N–H and O–H groups in total. The van der Waals surface area contributed by atoms with Crippen LogP contribution >= 0.6 is 12.6 Å². The Bertz CT molecular complexity index is 872. The molecular formula is C23H29F2N3OS.